The third-order valence-electron chi connectivity index (χ3n) is 9.83. The van der Waals surface area contributed by atoms with Crippen molar-refractivity contribution in [3.8, 4) is 11.5 Å². The van der Waals surface area contributed by atoms with Crippen LogP contribution < -0.4 is 9.47 Å². The highest BCUT2D eigenvalue weighted by molar-refractivity contribution is 7.90. The lowest BCUT2D eigenvalue weighted by Gasteiger charge is -2.33. The maximum atomic E-state index is 11.8. The van der Waals surface area contributed by atoms with E-state index in [1.54, 1.807) is 38.5 Å². The third kappa shape index (κ3) is 7.96. The first-order valence-corrected chi connectivity index (χ1v) is 18.5. The van der Waals surface area contributed by atoms with E-state index >= 15 is 0 Å². The number of rotatable bonds is 9. The van der Waals surface area contributed by atoms with E-state index in [1.807, 2.05) is 36.4 Å². The normalized spacial score (nSPS) is 12.6. The Bertz CT molecular complexity index is 2120. The largest absolute Gasteiger partial charge is 0.497 e. The molecule has 0 saturated carbocycles. The molecule has 52 heavy (non-hydrogen) atoms. The number of hydrogen-bond donors (Lipinski definition) is 1. The highest BCUT2D eigenvalue weighted by Gasteiger charge is 2.32. The van der Waals surface area contributed by atoms with Gasteiger partial charge in [-0.1, -0.05) is 125 Å². The molecular weight excluding hydrogens is 669 g/mol. The molecule has 5 aromatic carbocycles. The van der Waals surface area contributed by atoms with Gasteiger partial charge in [-0.25, -0.2) is 8.42 Å². The van der Waals surface area contributed by atoms with Gasteiger partial charge in [-0.15, -0.1) is 0 Å². The molecule has 0 spiro atoms. The topological polar surface area (TPSA) is 89.9 Å². The van der Waals surface area contributed by atoms with Crippen molar-refractivity contribution in [2.45, 2.75) is 50.5 Å². The van der Waals surface area contributed by atoms with Crippen LogP contribution >= 0.6 is 0 Å². The van der Waals surface area contributed by atoms with E-state index in [1.165, 1.54) is 33.9 Å². The summed E-state index contributed by atoms with van der Waals surface area (Å²) in [6.45, 7) is 10.4. The van der Waals surface area contributed by atoms with Gasteiger partial charge in [0.2, 0.25) is 0 Å². The molecule has 0 heterocycles. The number of ketones is 1. The number of carbonyl (C=O) groups excluding carboxylic acids is 1. The van der Waals surface area contributed by atoms with Crippen LogP contribution in [0.2, 0.25) is 0 Å². The second kappa shape index (κ2) is 16.0. The Labute approximate surface area is 310 Å². The second-order valence-corrected chi connectivity index (χ2v) is 15.3. The maximum absolute atomic E-state index is 11.8. The third-order valence-corrected chi connectivity index (χ3v) is 11.0. The molecule has 272 valence electrons. The predicted molar refractivity (Wildman–Crippen MR) is 213 cm³/mol. The fourth-order valence-corrected chi connectivity index (χ4v) is 7.34. The van der Waals surface area contributed by atoms with Crippen LogP contribution in [0.5, 0.6) is 11.5 Å². The minimum absolute atomic E-state index is 0. The number of ether oxygens (including phenoxy) is 2. The lowest BCUT2D eigenvalue weighted by molar-refractivity contribution is 0.103. The molecule has 0 aromatic heterocycles. The number of fused-ring (bicyclic) bond motifs is 1. The zero-order valence-corrected chi connectivity index (χ0v) is 30.8. The molecule has 0 bridgehead atoms. The van der Waals surface area contributed by atoms with Gasteiger partial charge in [-0.05, 0) is 70.6 Å². The number of carbonyl (C=O) groups is 1. The van der Waals surface area contributed by atoms with Crippen LogP contribution in [0.1, 0.15) is 78.9 Å². The molecule has 0 aliphatic heterocycles. The number of Topliss-reactive ketones (excluding diaryl/α,β-unsaturated/α-hetero) is 1. The molecule has 0 saturated heterocycles. The van der Waals surface area contributed by atoms with Gasteiger partial charge in [-0.3, -0.25) is 4.79 Å². The van der Waals surface area contributed by atoms with E-state index in [9.17, 15) is 18.3 Å². The first kappa shape index (κ1) is 39.5. The van der Waals surface area contributed by atoms with E-state index in [0.717, 1.165) is 23.3 Å². The lowest BCUT2D eigenvalue weighted by Crippen LogP contribution is -2.26. The molecule has 6 nitrogen and oxygen atoms in total. The maximum Gasteiger partial charge on any atom is 0.193 e. The van der Waals surface area contributed by atoms with Crippen molar-refractivity contribution in [2.75, 3.05) is 20.5 Å². The van der Waals surface area contributed by atoms with Crippen LogP contribution in [0.15, 0.2) is 138 Å². The Hall–Kier alpha value is -5.24. The minimum atomic E-state index is -3.32. The van der Waals surface area contributed by atoms with Gasteiger partial charge in [0.1, 0.15) is 11.5 Å². The van der Waals surface area contributed by atoms with E-state index in [2.05, 4.69) is 88.0 Å². The summed E-state index contributed by atoms with van der Waals surface area (Å²) in [5, 5.41) is 9.39. The molecule has 1 aliphatic carbocycles. The number of methoxy groups -OCH3 is 2. The molecule has 6 rings (SSSR count). The SMILES string of the molecule is C.C=C1C=Cc2c(cccc2S(C)(=O)=O)C1=O.COc1ccc(C(C)(c2ccc(OC)cc2)c2ccc(C(C)(C)c3ccc(CO)cc3)cc2)cc1.[HH]. The molecule has 0 radical (unpaired) electrons. The van der Waals surface area contributed by atoms with Gasteiger partial charge < -0.3 is 14.6 Å². The van der Waals surface area contributed by atoms with Crippen molar-refractivity contribution in [2.24, 2.45) is 0 Å². The minimum Gasteiger partial charge on any atom is -0.497 e. The number of hydrogen-bond acceptors (Lipinski definition) is 6. The Kier molecular flexibility index (Phi) is 12.1. The molecule has 5 aromatic rings. The summed E-state index contributed by atoms with van der Waals surface area (Å²) >= 11 is 0. The molecular formula is C45H50O6S. The van der Waals surface area contributed by atoms with Gasteiger partial charge in [-0.2, -0.15) is 0 Å². The Morgan fingerprint density at radius 3 is 1.52 bits per heavy atom. The average molecular weight is 719 g/mol. The monoisotopic (exact) mass is 718 g/mol. The van der Waals surface area contributed by atoms with Gasteiger partial charge in [0, 0.05) is 35.2 Å². The Morgan fingerprint density at radius 2 is 1.10 bits per heavy atom. The first-order valence-electron chi connectivity index (χ1n) is 16.6. The van der Waals surface area contributed by atoms with Crippen LogP contribution in [-0.4, -0.2) is 39.8 Å². The summed E-state index contributed by atoms with van der Waals surface area (Å²) in [4.78, 5) is 11.9. The van der Waals surface area contributed by atoms with Gasteiger partial charge in [0.05, 0.1) is 25.7 Å². The van der Waals surface area contributed by atoms with E-state index in [0.29, 0.717) is 16.7 Å². The molecule has 0 fully saturated rings. The van der Waals surface area contributed by atoms with Gasteiger partial charge in [0.25, 0.3) is 0 Å². The number of allylic oxidation sites excluding steroid dienone is 2. The fraction of sp³-hybridized carbons (Fsp3) is 0.222. The van der Waals surface area contributed by atoms with Crippen LogP contribution in [0.25, 0.3) is 6.08 Å². The Morgan fingerprint density at radius 1 is 0.673 bits per heavy atom. The summed E-state index contributed by atoms with van der Waals surface area (Å²) in [7, 11) is 0.0616. The van der Waals surface area contributed by atoms with E-state index in [-0.39, 0.29) is 37.0 Å². The Balaban J connectivity index is 0.000000353. The molecule has 1 aliphatic rings. The predicted octanol–water partition coefficient (Wildman–Crippen LogP) is 9.61. The van der Waals surface area contributed by atoms with Crippen molar-refractivity contribution in [3.05, 3.63) is 178 Å². The van der Waals surface area contributed by atoms with Gasteiger partial charge in [0.15, 0.2) is 15.6 Å². The van der Waals surface area contributed by atoms with Gasteiger partial charge >= 0.3 is 0 Å². The van der Waals surface area contributed by atoms with E-state index < -0.39 is 9.84 Å². The quantitative estimate of drug-likeness (QED) is 0.121. The van der Waals surface area contributed by atoms with E-state index in [4.69, 9.17) is 9.47 Å². The number of sulfone groups is 1. The van der Waals surface area contributed by atoms with Crippen molar-refractivity contribution in [1.82, 2.24) is 0 Å². The van der Waals surface area contributed by atoms with Crippen molar-refractivity contribution in [1.29, 1.82) is 0 Å². The lowest BCUT2D eigenvalue weighted by atomic mass is 9.70. The molecule has 0 amide bonds. The smallest absolute Gasteiger partial charge is 0.193 e. The highest BCUT2D eigenvalue weighted by Crippen LogP contribution is 2.41. The fourth-order valence-electron chi connectivity index (χ4n) is 6.43. The molecule has 0 atom stereocenters. The zero-order chi connectivity index (χ0) is 37.0. The zero-order valence-electron chi connectivity index (χ0n) is 29.9. The first-order chi connectivity index (χ1) is 24.2. The van der Waals surface area contributed by atoms with Crippen molar-refractivity contribution < 1.29 is 29.2 Å². The summed E-state index contributed by atoms with van der Waals surface area (Å²) in [6.07, 6.45) is 4.29. The van der Waals surface area contributed by atoms with Crippen LogP contribution in [0.3, 0.4) is 0 Å². The van der Waals surface area contributed by atoms with Crippen molar-refractivity contribution >= 4 is 21.7 Å². The van der Waals surface area contributed by atoms with Crippen LogP contribution in [-0.2, 0) is 27.3 Å². The highest BCUT2D eigenvalue weighted by atomic mass is 32.2. The number of aliphatic hydroxyl groups excluding tert-OH is 1. The average Bonchev–Trinajstić information content (AvgIpc) is 3.15. The van der Waals surface area contributed by atoms with Crippen LogP contribution in [0.4, 0.5) is 0 Å². The number of aliphatic hydroxyl groups is 1. The summed E-state index contributed by atoms with van der Waals surface area (Å²) in [6, 6.07) is 38.5. The standard InChI is InChI=1S/C32H34O3.C12H10O3S.CH4.H2/c1-31(2,24-8-6-23(22-33)7-9-24)25-10-12-26(13-11-25)32(3,27-14-18-29(34-4)19-15-27)28-16-20-30(35-5)21-17-28;1-8-6-7-9-10(12(8)13)4-3-5-11(9)16(2,14)15;;/h6-21,33H,22H2,1-5H3;3-7H,1H2,2H3;1H4;1H. The summed E-state index contributed by atoms with van der Waals surface area (Å²) < 4.78 is 33.9. The molecule has 1 N–H and O–H groups in total. The number of benzene rings is 5. The second-order valence-electron chi connectivity index (χ2n) is 13.3. The summed E-state index contributed by atoms with van der Waals surface area (Å²) in [5.41, 5.74) is 7.69. The summed E-state index contributed by atoms with van der Waals surface area (Å²) in [5.74, 6) is 1.47. The molecule has 0 unspecified atom stereocenters. The van der Waals surface area contributed by atoms with Crippen molar-refractivity contribution in [3.63, 3.8) is 0 Å². The van der Waals surface area contributed by atoms with Crippen LogP contribution in [0, 0.1) is 0 Å². The molecule has 7 heteroatoms.